The molecule has 2 aliphatic rings. The van der Waals surface area contributed by atoms with Gasteiger partial charge >= 0.3 is 0 Å². The highest BCUT2D eigenvalue weighted by molar-refractivity contribution is 7.89. The van der Waals surface area contributed by atoms with Crippen molar-refractivity contribution in [3.8, 4) is 0 Å². The van der Waals surface area contributed by atoms with Crippen LogP contribution >= 0.6 is 0 Å². The van der Waals surface area contributed by atoms with Crippen LogP contribution in [0.2, 0.25) is 0 Å². The summed E-state index contributed by atoms with van der Waals surface area (Å²) >= 11 is 0. The van der Waals surface area contributed by atoms with Gasteiger partial charge in [0.25, 0.3) is 0 Å². The smallest absolute Gasteiger partial charge is 0.214 e. The molecule has 1 saturated carbocycles. The van der Waals surface area contributed by atoms with Gasteiger partial charge in [0.05, 0.1) is 11.9 Å². The average Bonchev–Trinajstić information content (AvgIpc) is 3.13. The van der Waals surface area contributed by atoms with Gasteiger partial charge in [-0.15, -0.1) is 0 Å². The number of nitrogens with zero attached hydrogens (tertiary/aromatic N) is 1. The van der Waals surface area contributed by atoms with Crippen molar-refractivity contribution in [2.75, 3.05) is 32.0 Å². The van der Waals surface area contributed by atoms with Crippen molar-refractivity contribution in [2.24, 2.45) is 11.7 Å². The molecule has 18 heavy (non-hydrogen) atoms. The number of sulfonamides is 1. The van der Waals surface area contributed by atoms with E-state index in [0.29, 0.717) is 37.9 Å². The third-order valence-corrected chi connectivity index (χ3v) is 5.68. The van der Waals surface area contributed by atoms with Gasteiger partial charge in [-0.2, -0.15) is 0 Å². The molecule has 0 aromatic carbocycles. The number of piperidine rings is 1. The molecular formula is C12H24N2O3S. The van der Waals surface area contributed by atoms with Crippen LogP contribution in [0.3, 0.4) is 0 Å². The summed E-state index contributed by atoms with van der Waals surface area (Å²) in [5, 5.41) is 0. The lowest BCUT2D eigenvalue weighted by molar-refractivity contribution is 0.0209. The molecule has 2 N–H and O–H groups in total. The van der Waals surface area contributed by atoms with Gasteiger partial charge in [-0.05, 0) is 44.6 Å². The first kappa shape index (κ1) is 14.2. The van der Waals surface area contributed by atoms with Crippen molar-refractivity contribution in [3.05, 3.63) is 0 Å². The predicted octanol–water partition coefficient (Wildman–Crippen LogP) is 0.556. The van der Waals surface area contributed by atoms with E-state index in [4.69, 9.17) is 10.5 Å². The highest BCUT2D eigenvalue weighted by Gasteiger charge is 2.33. The minimum atomic E-state index is -3.01. The summed E-state index contributed by atoms with van der Waals surface area (Å²) in [6.45, 7) is 2.56. The summed E-state index contributed by atoms with van der Waals surface area (Å²) in [6, 6.07) is 0. The summed E-state index contributed by atoms with van der Waals surface area (Å²) in [7, 11) is -3.01. The lowest BCUT2D eigenvalue weighted by atomic mass is 10.1. The predicted molar refractivity (Wildman–Crippen MR) is 70.7 cm³/mol. The molecule has 1 aliphatic heterocycles. The molecule has 0 aromatic rings. The van der Waals surface area contributed by atoms with Crippen LogP contribution < -0.4 is 5.73 Å². The minimum Gasteiger partial charge on any atom is -0.378 e. The molecule has 6 heteroatoms. The Labute approximate surface area is 110 Å². The third-order valence-electron chi connectivity index (χ3n) is 3.64. The molecule has 0 bridgehead atoms. The maximum absolute atomic E-state index is 12.1. The molecule has 5 nitrogen and oxygen atoms in total. The Kier molecular flexibility index (Phi) is 5.00. The average molecular weight is 276 g/mol. The molecule has 2 rings (SSSR count). The molecule has 2 fully saturated rings. The molecule has 1 saturated heterocycles. The van der Waals surface area contributed by atoms with E-state index < -0.39 is 10.0 Å². The van der Waals surface area contributed by atoms with Crippen LogP contribution in [0.15, 0.2) is 0 Å². The van der Waals surface area contributed by atoms with Gasteiger partial charge in [0.2, 0.25) is 10.0 Å². The molecule has 106 valence electrons. The Morgan fingerprint density at radius 2 is 1.83 bits per heavy atom. The number of hydrogen-bond acceptors (Lipinski definition) is 4. The Morgan fingerprint density at radius 3 is 2.39 bits per heavy atom. The molecule has 0 radical (unpaired) electrons. The zero-order chi connectivity index (χ0) is 13.0. The van der Waals surface area contributed by atoms with E-state index in [-0.39, 0.29) is 6.10 Å². The fourth-order valence-corrected chi connectivity index (χ4v) is 4.21. The number of hydrogen-bond donors (Lipinski definition) is 1. The lowest BCUT2D eigenvalue weighted by Crippen LogP contribution is -2.42. The van der Waals surface area contributed by atoms with Gasteiger partial charge in [-0.1, -0.05) is 0 Å². The maximum Gasteiger partial charge on any atom is 0.214 e. The normalized spacial score (nSPS) is 23.4. The first-order chi connectivity index (χ1) is 8.62. The number of ether oxygens (including phenoxy) is 1. The molecule has 1 heterocycles. The number of rotatable bonds is 7. The van der Waals surface area contributed by atoms with Crippen LogP contribution in [0.5, 0.6) is 0 Å². The Bertz CT molecular complexity index is 346. The maximum atomic E-state index is 12.1. The second-order valence-corrected chi connectivity index (χ2v) is 7.35. The van der Waals surface area contributed by atoms with E-state index >= 15 is 0 Å². The summed E-state index contributed by atoms with van der Waals surface area (Å²) in [6.07, 6.45) is 4.88. The van der Waals surface area contributed by atoms with Crippen molar-refractivity contribution in [3.63, 3.8) is 0 Å². The largest absolute Gasteiger partial charge is 0.378 e. The minimum absolute atomic E-state index is 0.212. The van der Waals surface area contributed by atoms with Crippen molar-refractivity contribution < 1.29 is 13.2 Å². The fraction of sp³-hybridized carbons (Fsp3) is 1.00. The van der Waals surface area contributed by atoms with E-state index in [1.54, 1.807) is 4.31 Å². The van der Waals surface area contributed by atoms with Crippen molar-refractivity contribution in [1.82, 2.24) is 4.31 Å². The Morgan fingerprint density at radius 1 is 1.17 bits per heavy atom. The summed E-state index contributed by atoms with van der Waals surface area (Å²) in [4.78, 5) is 0. The first-order valence-corrected chi connectivity index (χ1v) is 8.52. The van der Waals surface area contributed by atoms with Gasteiger partial charge in [0, 0.05) is 19.7 Å². The molecule has 0 unspecified atom stereocenters. The van der Waals surface area contributed by atoms with Gasteiger partial charge < -0.3 is 10.5 Å². The van der Waals surface area contributed by atoms with E-state index in [1.807, 2.05) is 0 Å². The van der Waals surface area contributed by atoms with Crippen molar-refractivity contribution >= 4 is 10.0 Å². The molecule has 0 aromatic heterocycles. The van der Waals surface area contributed by atoms with Gasteiger partial charge in [-0.25, -0.2) is 12.7 Å². The van der Waals surface area contributed by atoms with Crippen LogP contribution in [0.25, 0.3) is 0 Å². The van der Waals surface area contributed by atoms with Crippen LogP contribution in [-0.2, 0) is 14.8 Å². The van der Waals surface area contributed by atoms with Gasteiger partial charge in [0.15, 0.2) is 0 Å². The molecule has 1 aliphatic carbocycles. The van der Waals surface area contributed by atoms with E-state index in [0.717, 1.165) is 32.1 Å². The Balaban J connectivity index is 1.72. The second kappa shape index (κ2) is 6.32. The fourth-order valence-electron chi connectivity index (χ4n) is 2.30. The lowest BCUT2D eigenvalue weighted by Gasteiger charge is -2.31. The second-order valence-electron chi connectivity index (χ2n) is 5.33. The quantitative estimate of drug-likeness (QED) is 0.690. The topological polar surface area (TPSA) is 72.6 Å². The van der Waals surface area contributed by atoms with E-state index in [9.17, 15) is 8.42 Å². The monoisotopic (exact) mass is 276 g/mol. The van der Waals surface area contributed by atoms with Crippen molar-refractivity contribution in [2.45, 2.75) is 38.2 Å². The first-order valence-electron chi connectivity index (χ1n) is 6.91. The van der Waals surface area contributed by atoms with Crippen LogP contribution in [0.1, 0.15) is 32.1 Å². The highest BCUT2D eigenvalue weighted by Crippen LogP contribution is 2.31. The summed E-state index contributed by atoms with van der Waals surface area (Å²) < 4.78 is 31.5. The van der Waals surface area contributed by atoms with Crippen molar-refractivity contribution in [1.29, 1.82) is 0 Å². The van der Waals surface area contributed by atoms with Gasteiger partial charge in [-0.3, -0.25) is 0 Å². The van der Waals surface area contributed by atoms with Crippen LogP contribution in [-0.4, -0.2) is 50.8 Å². The van der Waals surface area contributed by atoms with Crippen LogP contribution in [0, 0.1) is 5.92 Å². The third kappa shape index (κ3) is 4.19. The molecule has 0 amide bonds. The number of nitrogens with two attached hydrogens (primary N) is 1. The van der Waals surface area contributed by atoms with Crippen LogP contribution in [0.4, 0.5) is 0 Å². The standard InChI is InChI=1S/C12H24N2O3S/c13-6-1-9-17-12-4-7-14(8-5-12)18(15,16)10-11-2-3-11/h11-12H,1-10,13H2. The molecule has 0 spiro atoms. The zero-order valence-electron chi connectivity index (χ0n) is 10.9. The summed E-state index contributed by atoms with van der Waals surface area (Å²) in [5.41, 5.74) is 5.41. The van der Waals surface area contributed by atoms with Gasteiger partial charge in [0.1, 0.15) is 0 Å². The zero-order valence-corrected chi connectivity index (χ0v) is 11.7. The highest BCUT2D eigenvalue weighted by atomic mass is 32.2. The molecule has 0 atom stereocenters. The summed E-state index contributed by atoms with van der Waals surface area (Å²) in [5.74, 6) is 0.777. The van der Waals surface area contributed by atoms with E-state index in [1.165, 1.54) is 0 Å². The molecular weight excluding hydrogens is 252 g/mol. The SMILES string of the molecule is NCCCOC1CCN(S(=O)(=O)CC2CC2)CC1. The Hall–Kier alpha value is -0.170. The van der Waals surface area contributed by atoms with E-state index in [2.05, 4.69) is 0 Å².